The average molecular weight is 291 g/mol. The molecule has 0 saturated heterocycles. The lowest BCUT2D eigenvalue weighted by atomic mass is 10.2. The summed E-state index contributed by atoms with van der Waals surface area (Å²) < 4.78 is 0. The molecule has 0 unspecified atom stereocenters. The second-order valence-corrected chi connectivity index (χ2v) is 6.14. The van der Waals surface area contributed by atoms with Gasteiger partial charge in [0, 0.05) is 16.2 Å². The standard InChI is InChI=1S/C15H15ClN2S/c1-10-5-2-3-8-13(10)19-9-14-17-12-7-4-6-11(12)15(16)18-14/h2-3,5,8H,4,6-7,9H2,1H3. The number of nitrogens with zero attached hydrogens (tertiary/aromatic N) is 2. The quantitative estimate of drug-likeness (QED) is 0.625. The second-order valence-electron chi connectivity index (χ2n) is 4.76. The van der Waals surface area contributed by atoms with Crippen LogP contribution >= 0.6 is 23.4 Å². The first-order chi connectivity index (χ1) is 9.24. The number of benzene rings is 1. The van der Waals surface area contributed by atoms with Crippen LogP contribution in [-0.4, -0.2) is 9.97 Å². The highest BCUT2D eigenvalue weighted by Crippen LogP contribution is 2.29. The van der Waals surface area contributed by atoms with Crippen LogP contribution in [0.25, 0.3) is 0 Å². The van der Waals surface area contributed by atoms with Gasteiger partial charge in [0.25, 0.3) is 0 Å². The van der Waals surface area contributed by atoms with E-state index in [9.17, 15) is 0 Å². The predicted octanol–water partition coefficient (Wildman–Crippen LogP) is 4.22. The largest absolute Gasteiger partial charge is 0.237 e. The first kappa shape index (κ1) is 12.9. The summed E-state index contributed by atoms with van der Waals surface area (Å²) in [5, 5.41) is 0.655. The summed E-state index contributed by atoms with van der Waals surface area (Å²) in [7, 11) is 0. The maximum absolute atomic E-state index is 6.23. The molecule has 1 aliphatic carbocycles. The fourth-order valence-corrected chi connectivity index (χ4v) is 3.55. The van der Waals surface area contributed by atoms with Crippen molar-refractivity contribution in [3.05, 3.63) is 52.1 Å². The van der Waals surface area contributed by atoms with Crippen LogP contribution in [0.1, 0.15) is 29.1 Å². The molecule has 0 fully saturated rings. The minimum Gasteiger partial charge on any atom is -0.237 e. The number of halogens is 1. The van der Waals surface area contributed by atoms with Crippen molar-refractivity contribution in [3.8, 4) is 0 Å². The van der Waals surface area contributed by atoms with E-state index in [1.54, 1.807) is 11.8 Å². The van der Waals surface area contributed by atoms with Crippen molar-refractivity contribution in [1.82, 2.24) is 9.97 Å². The van der Waals surface area contributed by atoms with Crippen LogP contribution in [-0.2, 0) is 18.6 Å². The number of fused-ring (bicyclic) bond motifs is 1. The van der Waals surface area contributed by atoms with Gasteiger partial charge >= 0.3 is 0 Å². The SMILES string of the molecule is Cc1ccccc1SCc1nc(Cl)c2c(n1)CCC2. The van der Waals surface area contributed by atoms with Gasteiger partial charge in [-0.3, -0.25) is 0 Å². The normalized spacial score (nSPS) is 13.6. The van der Waals surface area contributed by atoms with Crippen molar-refractivity contribution in [1.29, 1.82) is 0 Å². The van der Waals surface area contributed by atoms with Crippen LogP contribution in [0.3, 0.4) is 0 Å². The second kappa shape index (κ2) is 5.51. The van der Waals surface area contributed by atoms with Crippen LogP contribution in [0.5, 0.6) is 0 Å². The molecule has 0 N–H and O–H groups in total. The summed E-state index contributed by atoms with van der Waals surface area (Å²) in [6.07, 6.45) is 3.22. The van der Waals surface area contributed by atoms with E-state index in [4.69, 9.17) is 11.6 Å². The molecule has 0 spiro atoms. The third kappa shape index (κ3) is 2.77. The van der Waals surface area contributed by atoms with Crippen LogP contribution in [0.2, 0.25) is 5.15 Å². The number of hydrogen-bond acceptors (Lipinski definition) is 3. The van der Waals surface area contributed by atoms with Crippen molar-refractivity contribution in [2.24, 2.45) is 0 Å². The van der Waals surface area contributed by atoms with E-state index in [0.29, 0.717) is 5.15 Å². The van der Waals surface area contributed by atoms with Gasteiger partial charge in [0.15, 0.2) is 0 Å². The van der Waals surface area contributed by atoms with Crippen molar-refractivity contribution < 1.29 is 0 Å². The van der Waals surface area contributed by atoms with E-state index >= 15 is 0 Å². The molecular weight excluding hydrogens is 276 g/mol. The molecule has 2 nitrogen and oxygen atoms in total. The summed E-state index contributed by atoms with van der Waals surface area (Å²) in [4.78, 5) is 10.3. The Morgan fingerprint density at radius 1 is 1.21 bits per heavy atom. The predicted molar refractivity (Wildman–Crippen MR) is 79.8 cm³/mol. The Balaban J connectivity index is 1.78. The lowest BCUT2D eigenvalue weighted by Gasteiger charge is -2.07. The lowest BCUT2D eigenvalue weighted by Crippen LogP contribution is -2.00. The molecule has 3 rings (SSSR count). The third-order valence-electron chi connectivity index (χ3n) is 3.38. The smallest absolute Gasteiger partial charge is 0.140 e. The van der Waals surface area contributed by atoms with E-state index in [0.717, 1.165) is 42.1 Å². The summed E-state index contributed by atoms with van der Waals surface area (Å²) in [5.74, 6) is 1.62. The number of aryl methyl sites for hydroxylation is 2. The maximum atomic E-state index is 6.23. The Bertz CT molecular complexity index is 613. The molecule has 1 heterocycles. The molecule has 0 bridgehead atoms. The summed E-state index contributed by atoms with van der Waals surface area (Å²) in [5.41, 5.74) is 3.60. The van der Waals surface area contributed by atoms with Crippen LogP contribution in [0.4, 0.5) is 0 Å². The molecule has 0 aliphatic heterocycles. The zero-order chi connectivity index (χ0) is 13.2. The van der Waals surface area contributed by atoms with E-state index in [-0.39, 0.29) is 0 Å². The summed E-state index contributed by atoms with van der Waals surface area (Å²) in [6, 6.07) is 8.38. The number of aromatic nitrogens is 2. The average Bonchev–Trinajstić information content (AvgIpc) is 2.87. The number of hydrogen-bond donors (Lipinski definition) is 0. The van der Waals surface area contributed by atoms with E-state index in [1.807, 2.05) is 0 Å². The third-order valence-corrected chi connectivity index (χ3v) is 4.86. The highest BCUT2D eigenvalue weighted by Gasteiger charge is 2.18. The minimum absolute atomic E-state index is 0.655. The fraction of sp³-hybridized carbons (Fsp3) is 0.333. The summed E-state index contributed by atoms with van der Waals surface area (Å²) in [6.45, 7) is 2.12. The monoisotopic (exact) mass is 290 g/mol. The van der Waals surface area contributed by atoms with Gasteiger partial charge in [-0.15, -0.1) is 11.8 Å². The molecule has 0 atom stereocenters. The van der Waals surface area contributed by atoms with Gasteiger partial charge in [0.05, 0.1) is 5.75 Å². The Hall–Kier alpha value is -1.06. The molecule has 2 aromatic rings. The maximum Gasteiger partial charge on any atom is 0.140 e. The Kier molecular flexibility index (Phi) is 3.76. The molecule has 0 saturated carbocycles. The zero-order valence-electron chi connectivity index (χ0n) is 10.8. The van der Waals surface area contributed by atoms with E-state index < -0.39 is 0 Å². The van der Waals surface area contributed by atoms with Gasteiger partial charge < -0.3 is 0 Å². The molecule has 0 radical (unpaired) electrons. The van der Waals surface area contributed by atoms with E-state index in [1.165, 1.54) is 10.5 Å². The highest BCUT2D eigenvalue weighted by atomic mass is 35.5. The first-order valence-electron chi connectivity index (χ1n) is 6.46. The molecule has 1 aromatic heterocycles. The fourth-order valence-electron chi connectivity index (χ4n) is 2.36. The molecule has 1 aliphatic rings. The number of thioether (sulfide) groups is 1. The van der Waals surface area contributed by atoms with Crippen molar-refractivity contribution in [2.45, 2.75) is 36.8 Å². The Morgan fingerprint density at radius 2 is 2.05 bits per heavy atom. The van der Waals surface area contributed by atoms with Gasteiger partial charge in [0.1, 0.15) is 11.0 Å². The molecule has 4 heteroatoms. The van der Waals surface area contributed by atoms with Gasteiger partial charge in [0.2, 0.25) is 0 Å². The van der Waals surface area contributed by atoms with Gasteiger partial charge in [-0.1, -0.05) is 29.8 Å². The molecular formula is C15H15ClN2S. The van der Waals surface area contributed by atoms with Crippen molar-refractivity contribution >= 4 is 23.4 Å². The van der Waals surface area contributed by atoms with Gasteiger partial charge in [-0.05, 0) is 37.8 Å². The number of rotatable bonds is 3. The van der Waals surface area contributed by atoms with Crippen LogP contribution < -0.4 is 0 Å². The molecule has 0 amide bonds. The Labute approximate surface area is 122 Å². The summed E-state index contributed by atoms with van der Waals surface area (Å²) >= 11 is 8.00. The van der Waals surface area contributed by atoms with Crippen LogP contribution in [0.15, 0.2) is 29.2 Å². The Morgan fingerprint density at radius 3 is 2.89 bits per heavy atom. The topological polar surface area (TPSA) is 25.8 Å². The van der Waals surface area contributed by atoms with Crippen LogP contribution in [0, 0.1) is 6.92 Å². The molecule has 19 heavy (non-hydrogen) atoms. The van der Waals surface area contributed by atoms with Gasteiger partial charge in [-0.2, -0.15) is 0 Å². The van der Waals surface area contributed by atoms with Gasteiger partial charge in [-0.25, -0.2) is 9.97 Å². The van der Waals surface area contributed by atoms with Crippen molar-refractivity contribution in [2.75, 3.05) is 0 Å². The minimum atomic E-state index is 0.655. The lowest BCUT2D eigenvalue weighted by molar-refractivity contribution is 0.893. The first-order valence-corrected chi connectivity index (χ1v) is 7.83. The molecule has 98 valence electrons. The highest BCUT2D eigenvalue weighted by molar-refractivity contribution is 7.98. The zero-order valence-corrected chi connectivity index (χ0v) is 12.4. The molecule has 1 aromatic carbocycles. The van der Waals surface area contributed by atoms with Crippen molar-refractivity contribution in [3.63, 3.8) is 0 Å². The van der Waals surface area contributed by atoms with E-state index in [2.05, 4.69) is 41.2 Å².